The summed E-state index contributed by atoms with van der Waals surface area (Å²) in [5.41, 5.74) is 1.03. The van der Waals surface area contributed by atoms with Gasteiger partial charge in [0.15, 0.2) is 0 Å². The highest BCUT2D eigenvalue weighted by atomic mass is 16.5. The van der Waals surface area contributed by atoms with Crippen molar-refractivity contribution in [3.05, 3.63) is 23.8 Å². The van der Waals surface area contributed by atoms with Crippen LogP contribution in [0.2, 0.25) is 0 Å². The SMILES string of the molecule is CCNCCOCc1ccc(OC)cc1OC. The Hall–Kier alpha value is -1.26. The number of rotatable bonds is 8. The van der Waals surface area contributed by atoms with Crippen LogP contribution in [0.3, 0.4) is 0 Å². The third-order valence-corrected chi connectivity index (χ3v) is 2.42. The fourth-order valence-corrected chi connectivity index (χ4v) is 1.47. The molecule has 4 heteroatoms. The zero-order valence-electron chi connectivity index (χ0n) is 10.8. The van der Waals surface area contributed by atoms with Crippen molar-refractivity contribution in [2.45, 2.75) is 13.5 Å². The number of likely N-dealkylation sites (N-methyl/N-ethyl adjacent to an activating group) is 1. The second kappa shape index (κ2) is 7.92. The molecule has 0 saturated heterocycles. The summed E-state index contributed by atoms with van der Waals surface area (Å²) in [4.78, 5) is 0. The molecule has 0 radical (unpaired) electrons. The Kier molecular flexibility index (Phi) is 6.43. The first-order valence-electron chi connectivity index (χ1n) is 5.81. The van der Waals surface area contributed by atoms with Crippen LogP contribution in [0.4, 0.5) is 0 Å². The van der Waals surface area contributed by atoms with Crippen LogP contribution in [-0.4, -0.2) is 33.9 Å². The summed E-state index contributed by atoms with van der Waals surface area (Å²) >= 11 is 0. The quantitative estimate of drug-likeness (QED) is 0.703. The maximum atomic E-state index is 5.55. The van der Waals surface area contributed by atoms with Crippen molar-refractivity contribution in [1.82, 2.24) is 5.32 Å². The summed E-state index contributed by atoms with van der Waals surface area (Å²) in [7, 11) is 3.29. The predicted octanol–water partition coefficient (Wildman–Crippen LogP) is 1.83. The van der Waals surface area contributed by atoms with Crippen molar-refractivity contribution < 1.29 is 14.2 Å². The number of benzene rings is 1. The average Bonchev–Trinajstić information content (AvgIpc) is 2.38. The van der Waals surface area contributed by atoms with E-state index in [4.69, 9.17) is 14.2 Å². The minimum absolute atomic E-state index is 0.554. The van der Waals surface area contributed by atoms with Crippen molar-refractivity contribution in [2.24, 2.45) is 0 Å². The lowest BCUT2D eigenvalue weighted by Gasteiger charge is -2.11. The van der Waals surface area contributed by atoms with Crippen LogP contribution in [0.15, 0.2) is 18.2 Å². The Morgan fingerprint density at radius 3 is 2.65 bits per heavy atom. The van der Waals surface area contributed by atoms with Crippen molar-refractivity contribution in [1.29, 1.82) is 0 Å². The number of ether oxygens (including phenoxy) is 3. The van der Waals surface area contributed by atoms with Gasteiger partial charge in [0.1, 0.15) is 11.5 Å². The van der Waals surface area contributed by atoms with Gasteiger partial charge in [0, 0.05) is 18.2 Å². The van der Waals surface area contributed by atoms with Gasteiger partial charge in [-0.15, -0.1) is 0 Å². The monoisotopic (exact) mass is 239 g/mol. The molecular formula is C13H21NO3. The zero-order valence-corrected chi connectivity index (χ0v) is 10.8. The molecule has 0 aliphatic rings. The van der Waals surface area contributed by atoms with E-state index < -0.39 is 0 Å². The van der Waals surface area contributed by atoms with Crippen LogP contribution in [0.25, 0.3) is 0 Å². The van der Waals surface area contributed by atoms with E-state index in [-0.39, 0.29) is 0 Å². The molecule has 0 bridgehead atoms. The van der Waals surface area contributed by atoms with Crippen molar-refractivity contribution >= 4 is 0 Å². The molecule has 0 atom stereocenters. The van der Waals surface area contributed by atoms with E-state index in [2.05, 4.69) is 12.2 Å². The maximum absolute atomic E-state index is 5.55. The van der Waals surface area contributed by atoms with Crippen LogP contribution >= 0.6 is 0 Å². The van der Waals surface area contributed by atoms with Gasteiger partial charge in [-0.3, -0.25) is 0 Å². The average molecular weight is 239 g/mol. The molecule has 96 valence electrons. The van der Waals surface area contributed by atoms with E-state index in [0.717, 1.165) is 30.2 Å². The molecule has 0 unspecified atom stereocenters. The molecule has 17 heavy (non-hydrogen) atoms. The van der Waals surface area contributed by atoms with Gasteiger partial charge in [-0.05, 0) is 18.7 Å². The third kappa shape index (κ3) is 4.63. The molecule has 4 nitrogen and oxygen atoms in total. The molecule has 1 aromatic rings. The number of methoxy groups -OCH3 is 2. The smallest absolute Gasteiger partial charge is 0.128 e. The van der Waals surface area contributed by atoms with Crippen LogP contribution in [0, 0.1) is 0 Å². The highest BCUT2D eigenvalue weighted by Gasteiger charge is 2.04. The fourth-order valence-electron chi connectivity index (χ4n) is 1.47. The van der Waals surface area contributed by atoms with Gasteiger partial charge in [-0.1, -0.05) is 6.92 Å². The molecule has 0 aromatic heterocycles. The Bertz CT molecular complexity index is 328. The van der Waals surface area contributed by atoms with E-state index in [9.17, 15) is 0 Å². The lowest BCUT2D eigenvalue weighted by molar-refractivity contribution is 0.121. The number of hydrogen-bond donors (Lipinski definition) is 1. The van der Waals surface area contributed by atoms with Gasteiger partial charge in [0.05, 0.1) is 27.4 Å². The molecule has 0 spiro atoms. The van der Waals surface area contributed by atoms with Crippen LogP contribution in [0.5, 0.6) is 11.5 Å². The number of hydrogen-bond acceptors (Lipinski definition) is 4. The van der Waals surface area contributed by atoms with Crippen LogP contribution in [-0.2, 0) is 11.3 Å². The van der Waals surface area contributed by atoms with Crippen LogP contribution < -0.4 is 14.8 Å². The highest BCUT2D eigenvalue weighted by Crippen LogP contribution is 2.24. The highest BCUT2D eigenvalue weighted by molar-refractivity contribution is 5.40. The first-order valence-corrected chi connectivity index (χ1v) is 5.81. The van der Waals surface area contributed by atoms with E-state index in [1.807, 2.05) is 18.2 Å². The molecule has 0 aliphatic heterocycles. The molecule has 0 fully saturated rings. The predicted molar refractivity (Wildman–Crippen MR) is 67.7 cm³/mol. The van der Waals surface area contributed by atoms with Crippen molar-refractivity contribution in [3.8, 4) is 11.5 Å². The molecule has 0 heterocycles. The lowest BCUT2D eigenvalue weighted by Crippen LogP contribution is -2.18. The van der Waals surface area contributed by atoms with Gasteiger partial charge < -0.3 is 19.5 Å². The van der Waals surface area contributed by atoms with Crippen molar-refractivity contribution in [2.75, 3.05) is 33.9 Å². The molecular weight excluding hydrogens is 218 g/mol. The Balaban J connectivity index is 2.46. The second-order valence-electron chi connectivity index (χ2n) is 3.58. The van der Waals surface area contributed by atoms with Gasteiger partial charge >= 0.3 is 0 Å². The van der Waals surface area contributed by atoms with Gasteiger partial charge in [-0.25, -0.2) is 0 Å². The molecule has 0 aliphatic carbocycles. The fraction of sp³-hybridized carbons (Fsp3) is 0.538. The summed E-state index contributed by atoms with van der Waals surface area (Å²) in [5.74, 6) is 1.59. The summed E-state index contributed by atoms with van der Waals surface area (Å²) in [6, 6.07) is 5.74. The molecule has 1 N–H and O–H groups in total. The first kappa shape index (κ1) is 13.8. The lowest BCUT2D eigenvalue weighted by atomic mass is 10.2. The molecule has 0 saturated carbocycles. The van der Waals surface area contributed by atoms with Crippen LogP contribution in [0.1, 0.15) is 12.5 Å². The minimum Gasteiger partial charge on any atom is -0.497 e. The Morgan fingerprint density at radius 2 is 2.00 bits per heavy atom. The van der Waals surface area contributed by atoms with E-state index in [1.165, 1.54) is 0 Å². The first-order chi connectivity index (χ1) is 8.31. The largest absolute Gasteiger partial charge is 0.497 e. The van der Waals surface area contributed by atoms with E-state index >= 15 is 0 Å². The topological polar surface area (TPSA) is 39.7 Å². The minimum atomic E-state index is 0.554. The van der Waals surface area contributed by atoms with Crippen molar-refractivity contribution in [3.63, 3.8) is 0 Å². The van der Waals surface area contributed by atoms with Gasteiger partial charge in [0.25, 0.3) is 0 Å². The van der Waals surface area contributed by atoms with Gasteiger partial charge in [0.2, 0.25) is 0 Å². The zero-order chi connectivity index (χ0) is 12.5. The molecule has 1 rings (SSSR count). The summed E-state index contributed by atoms with van der Waals surface area (Å²) < 4.78 is 16.0. The Labute approximate surface area is 103 Å². The summed E-state index contributed by atoms with van der Waals surface area (Å²) in [6.45, 7) is 5.16. The van der Waals surface area contributed by atoms with E-state index in [1.54, 1.807) is 14.2 Å². The third-order valence-electron chi connectivity index (χ3n) is 2.42. The molecule has 0 amide bonds. The molecule has 1 aromatic carbocycles. The Morgan fingerprint density at radius 1 is 1.18 bits per heavy atom. The normalized spacial score (nSPS) is 10.3. The summed E-state index contributed by atoms with van der Waals surface area (Å²) in [5, 5.41) is 3.21. The number of nitrogens with one attached hydrogen (secondary N) is 1. The summed E-state index contributed by atoms with van der Waals surface area (Å²) in [6.07, 6.45) is 0. The standard InChI is InChI=1S/C13H21NO3/c1-4-14-7-8-17-10-11-5-6-12(15-2)9-13(11)16-3/h5-6,9,14H,4,7-8,10H2,1-3H3. The maximum Gasteiger partial charge on any atom is 0.128 e. The van der Waals surface area contributed by atoms with Gasteiger partial charge in [-0.2, -0.15) is 0 Å². The second-order valence-corrected chi connectivity index (χ2v) is 3.58. The van der Waals surface area contributed by atoms with E-state index in [0.29, 0.717) is 13.2 Å².